The molecule has 0 aromatic heterocycles. The van der Waals surface area contributed by atoms with Gasteiger partial charge in [0, 0.05) is 10.2 Å². The third kappa shape index (κ3) is 2.85. The van der Waals surface area contributed by atoms with Gasteiger partial charge < -0.3 is 0 Å². The first-order valence-electron chi connectivity index (χ1n) is 6.51. The van der Waals surface area contributed by atoms with Gasteiger partial charge in [0.1, 0.15) is 11.2 Å². The Labute approximate surface area is 135 Å². The second-order valence-electron chi connectivity index (χ2n) is 4.91. The summed E-state index contributed by atoms with van der Waals surface area (Å²) >= 11 is 5.01. The van der Waals surface area contributed by atoms with Crippen molar-refractivity contribution in [2.45, 2.75) is 12.3 Å². The van der Waals surface area contributed by atoms with E-state index in [9.17, 15) is 9.18 Å². The minimum absolute atomic E-state index is 0.0831. The Morgan fingerprint density at radius 3 is 2.62 bits per heavy atom. The Balaban J connectivity index is 2.01. The van der Waals surface area contributed by atoms with Crippen LogP contribution in [0.5, 0.6) is 0 Å². The zero-order valence-electron chi connectivity index (χ0n) is 11.3. The second-order valence-corrected chi connectivity index (χ2v) is 6.89. The molecule has 2 nitrogen and oxygen atoms in total. The molecule has 2 aromatic rings. The molecule has 0 saturated carbocycles. The number of carbonyl (C=O) groups excluding carboxylic acids is 1. The molecule has 1 unspecified atom stereocenters. The lowest BCUT2D eigenvalue weighted by Gasteiger charge is -2.26. The number of hydrogen-bond acceptors (Lipinski definition) is 2. The number of benzene rings is 2. The van der Waals surface area contributed by atoms with Crippen LogP contribution in [-0.2, 0) is 4.79 Å². The summed E-state index contributed by atoms with van der Waals surface area (Å²) in [4.78, 5) is 14.1. The number of carbonyl (C=O) groups is 1. The molecule has 0 radical (unpaired) electrons. The highest BCUT2D eigenvalue weighted by Gasteiger charge is 2.34. The first kappa shape index (κ1) is 14.6. The average Bonchev–Trinajstić information content (AvgIpc) is 2.82. The topological polar surface area (TPSA) is 20.3 Å². The van der Waals surface area contributed by atoms with Crippen LogP contribution in [0.1, 0.15) is 16.5 Å². The third-order valence-corrected chi connectivity index (χ3v) is 5.15. The quantitative estimate of drug-likeness (QED) is 0.770. The number of thioether (sulfide) groups is 1. The Morgan fingerprint density at radius 2 is 1.95 bits per heavy atom. The SMILES string of the molecule is Cc1cc(Br)ccc1N1C(=O)CSC1c1ccc(F)cc1. The van der Waals surface area contributed by atoms with Crippen LogP contribution >= 0.6 is 27.7 Å². The van der Waals surface area contributed by atoms with Gasteiger partial charge in [-0.15, -0.1) is 11.8 Å². The van der Waals surface area contributed by atoms with Gasteiger partial charge in [-0.3, -0.25) is 9.69 Å². The summed E-state index contributed by atoms with van der Waals surface area (Å²) in [6.45, 7) is 1.98. The molecular formula is C16H13BrFNOS. The maximum Gasteiger partial charge on any atom is 0.238 e. The Kier molecular flexibility index (Phi) is 4.04. The predicted octanol–water partition coefficient (Wildman–Crippen LogP) is 4.68. The fraction of sp³-hybridized carbons (Fsp3) is 0.188. The largest absolute Gasteiger partial charge is 0.295 e. The Morgan fingerprint density at radius 1 is 1.24 bits per heavy atom. The predicted molar refractivity (Wildman–Crippen MR) is 88.0 cm³/mol. The van der Waals surface area contributed by atoms with Gasteiger partial charge >= 0.3 is 0 Å². The highest BCUT2D eigenvalue weighted by atomic mass is 79.9. The van der Waals surface area contributed by atoms with E-state index in [1.54, 1.807) is 28.8 Å². The van der Waals surface area contributed by atoms with Gasteiger partial charge in [-0.1, -0.05) is 28.1 Å². The van der Waals surface area contributed by atoms with E-state index in [-0.39, 0.29) is 17.1 Å². The van der Waals surface area contributed by atoms with Crippen LogP contribution in [0.2, 0.25) is 0 Å². The van der Waals surface area contributed by atoms with Crippen molar-refractivity contribution in [1.29, 1.82) is 0 Å². The monoisotopic (exact) mass is 365 g/mol. The van der Waals surface area contributed by atoms with Crippen LogP contribution in [0.25, 0.3) is 0 Å². The van der Waals surface area contributed by atoms with E-state index in [0.29, 0.717) is 5.75 Å². The van der Waals surface area contributed by atoms with E-state index in [4.69, 9.17) is 0 Å². The molecule has 0 bridgehead atoms. The zero-order chi connectivity index (χ0) is 15.0. The van der Waals surface area contributed by atoms with Crippen LogP contribution < -0.4 is 4.90 Å². The average molecular weight is 366 g/mol. The summed E-state index contributed by atoms with van der Waals surface area (Å²) in [5.41, 5.74) is 2.88. The van der Waals surface area contributed by atoms with Gasteiger partial charge in [-0.2, -0.15) is 0 Å². The fourth-order valence-corrected chi connectivity index (χ4v) is 4.09. The van der Waals surface area contributed by atoms with Crippen molar-refractivity contribution in [3.63, 3.8) is 0 Å². The minimum Gasteiger partial charge on any atom is -0.295 e. The molecule has 1 atom stereocenters. The van der Waals surface area contributed by atoms with E-state index in [1.165, 1.54) is 12.1 Å². The maximum absolute atomic E-state index is 13.1. The van der Waals surface area contributed by atoms with Crippen LogP contribution in [0.4, 0.5) is 10.1 Å². The van der Waals surface area contributed by atoms with Crippen LogP contribution in [0, 0.1) is 12.7 Å². The smallest absolute Gasteiger partial charge is 0.238 e. The Hall–Kier alpha value is -1.33. The van der Waals surface area contributed by atoms with Gasteiger partial charge in [-0.05, 0) is 48.4 Å². The third-order valence-electron chi connectivity index (χ3n) is 3.44. The summed E-state index contributed by atoms with van der Waals surface area (Å²) in [6, 6.07) is 12.2. The van der Waals surface area contributed by atoms with Crippen molar-refractivity contribution < 1.29 is 9.18 Å². The molecule has 1 fully saturated rings. The molecule has 3 rings (SSSR count). The van der Waals surface area contributed by atoms with Crippen molar-refractivity contribution in [2.24, 2.45) is 0 Å². The molecule has 1 heterocycles. The van der Waals surface area contributed by atoms with E-state index >= 15 is 0 Å². The van der Waals surface area contributed by atoms with Crippen molar-refractivity contribution in [1.82, 2.24) is 0 Å². The van der Waals surface area contributed by atoms with E-state index in [2.05, 4.69) is 15.9 Å². The molecule has 1 amide bonds. The van der Waals surface area contributed by atoms with Gasteiger partial charge in [0.05, 0.1) is 5.75 Å². The molecule has 0 aliphatic carbocycles. The van der Waals surface area contributed by atoms with Crippen molar-refractivity contribution in [3.8, 4) is 0 Å². The molecule has 21 heavy (non-hydrogen) atoms. The number of amides is 1. The summed E-state index contributed by atoms with van der Waals surface area (Å²) in [6.07, 6.45) is 0. The van der Waals surface area contributed by atoms with Crippen LogP contribution in [0.3, 0.4) is 0 Å². The molecular weight excluding hydrogens is 353 g/mol. The normalized spacial score (nSPS) is 18.3. The second kappa shape index (κ2) is 5.81. The van der Waals surface area contributed by atoms with E-state index in [0.717, 1.165) is 21.3 Å². The summed E-state index contributed by atoms with van der Waals surface area (Å²) < 4.78 is 14.1. The number of rotatable bonds is 2. The maximum atomic E-state index is 13.1. The number of halogens is 2. The van der Waals surface area contributed by atoms with Gasteiger partial charge in [-0.25, -0.2) is 4.39 Å². The van der Waals surface area contributed by atoms with Crippen molar-refractivity contribution in [2.75, 3.05) is 10.7 Å². The summed E-state index contributed by atoms with van der Waals surface area (Å²) in [7, 11) is 0. The van der Waals surface area contributed by atoms with Gasteiger partial charge in [0.15, 0.2) is 0 Å². The molecule has 5 heteroatoms. The molecule has 1 aliphatic heterocycles. The van der Waals surface area contributed by atoms with E-state index < -0.39 is 0 Å². The first-order valence-corrected chi connectivity index (χ1v) is 8.36. The van der Waals surface area contributed by atoms with Crippen LogP contribution in [-0.4, -0.2) is 11.7 Å². The summed E-state index contributed by atoms with van der Waals surface area (Å²) in [5.74, 6) is 0.261. The number of anilines is 1. The highest BCUT2D eigenvalue weighted by Crippen LogP contribution is 2.43. The standard InChI is InChI=1S/C16H13BrFNOS/c1-10-8-12(17)4-7-14(10)19-15(20)9-21-16(19)11-2-5-13(18)6-3-11/h2-8,16H,9H2,1H3. The molecule has 2 aromatic carbocycles. The molecule has 0 N–H and O–H groups in total. The minimum atomic E-state index is -0.264. The Bertz CT molecular complexity index is 689. The lowest BCUT2D eigenvalue weighted by molar-refractivity contribution is -0.115. The van der Waals surface area contributed by atoms with Gasteiger partial charge in [0.2, 0.25) is 5.91 Å². The van der Waals surface area contributed by atoms with Crippen molar-refractivity contribution >= 4 is 39.3 Å². The molecule has 1 aliphatic rings. The molecule has 1 saturated heterocycles. The number of hydrogen-bond donors (Lipinski definition) is 0. The zero-order valence-corrected chi connectivity index (χ0v) is 13.7. The lowest BCUT2D eigenvalue weighted by atomic mass is 10.1. The van der Waals surface area contributed by atoms with Gasteiger partial charge in [0.25, 0.3) is 0 Å². The van der Waals surface area contributed by atoms with E-state index in [1.807, 2.05) is 25.1 Å². The highest BCUT2D eigenvalue weighted by molar-refractivity contribution is 9.10. The van der Waals surface area contributed by atoms with Crippen molar-refractivity contribution in [3.05, 3.63) is 63.9 Å². The molecule has 108 valence electrons. The fourth-order valence-electron chi connectivity index (χ4n) is 2.45. The molecule has 0 spiro atoms. The summed E-state index contributed by atoms with van der Waals surface area (Å²) in [5, 5.41) is -0.0991. The lowest BCUT2D eigenvalue weighted by Crippen LogP contribution is -2.28. The van der Waals surface area contributed by atoms with Crippen LogP contribution in [0.15, 0.2) is 46.9 Å². The number of nitrogens with zero attached hydrogens (tertiary/aromatic N) is 1. The number of aryl methyl sites for hydroxylation is 1. The first-order chi connectivity index (χ1) is 10.1.